The lowest BCUT2D eigenvalue weighted by atomic mass is 9.93. The Hall–Kier alpha value is -8.46. The molecule has 0 aliphatic heterocycles. The molecule has 0 N–H and O–H groups in total. The number of hydrogen-bond acceptors (Lipinski definition) is 1. The fourth-order valence-corrected chi connectivity index (χ4v) is 9.58. The molecule has 0 spiro atoms. The Labute approximate surface area is 373 Å². The highest BCUT2D eigenvalue weighted by Crippen LogP contribution is 2.42. The van der Waals surface area contributed by atoms with Crippen molar-refractivity contribution in [3.63, 3.8) is 0 Å². The molecule has 0 atom stereocenters. The molecule has 0 radical (unpaired) electrons. The van der Waals surface area contributed by atoms with Gasteiger partial charge in [-0.25, -0.2) is 0 Å². The number of benzene rings is 11. The molecule has 0 amide bonds. The lowest BCUT2D eigenvalue weighted by Gasteiger charge is -2.26. The molecular formula is C62H42N2. The summed E-state index contributed by atoms with van der Waals surface area (Å²) in [5, 5.41) is 7.49. The van der Waals surface area contributed by atoms with Crippen LogP contribution in [0.2, 0.25) is 0 Å². The van der Waals surface area contributed by atoms with Crippen LogP contribution >= 0.6 is 0 Å². The van der Waals surface area contributed by atoms with Crippen molar-refractivity contribution in [3.05, 3.63) is 255 Å². The maximum absolute atomic E-state index is 2.43. The standard InChI is InChI=1S/C62H42N2/c1-3-14-43(15-4-1)45-28-32-53(33-29-45)63(55-23-13-22-49(39-55)52-27-26-44-16-7-8-19-48(44)38-52)54-34-30-47(31-35-54)57-37-36-56(42-59(57)46-17-5-2-6-18-46)64-61-25-12-11-24-58(61)60-40-50-20-9-10-21-51(50)41-62(60)64/h1-42H. The second kappa shape index (κ2) is 15.8. The van der Waals surface area contributed by atoms with Crippen LogP contribution in [0.15, 0.2) is 255 Å². The topological polar surface area (TPSA) is 8.17 Å². The van der Waals surface area contributed by atoms with Crippen molar-refractivity contribution in [2.45, 2.75) is 0 Å². The van der Waals surface area contributed by atoms with Crippen molar-refractivity contribution < 1.29 is 0 Å². The first kappa shape index (κ1) is 37.3. The van der Waals surface area contributed by atoms with E-state index in [9.17, 15) is 0 Å². The lowest BCUT2D eigenvalue weighted by Crippen LogP contribution is -2.10. The van der Waals surface area contributed by atoms with Crippen LogP contribution in [0.3, 0.4) is 0 Å². The molecule has 1 aromatic heterocycles. The molecule has 0 aliphatic carbocycles. The molecule has 12 aromatic rings. The highest BCUT2D eigenvalue weighted by atomic mass is 15.1. The number of rotatable bonds is 8. The van der Waals surface area contributed by atoms with Gasteiger partial charge in [0.2, 0.25) is 0 Å². The summed E-state index contributed by atoms with van der Waals surface area (Å²) in [6.07, 6.45) is 0. The smallest absolute Gasteiger partial charge is 0.0547 e. The molecule has 2 nitrogen and oxygen atoms in total. The zero-order valence-corrected chi connectivity index (χ0v) is 35.1. The van der Waals surface area contributed by atoms with Crippen molar-refractivity contribution in [2.24, 2.45) is 0 Å². The number of aromatic nitrogens is 1. The van der Waals surface area contributed by atoms with Crippen molar-refractivity contribution in [3.8, 4) is 50.2 Å². The van der Waals surface area contributed by atoms with Gasteiger partial charge < -0.3 is 9.47 Å². The molecule has 0 saturated heterocycles. The van der Waals surface area contributed by atoms with Gasteiger partial charge in [0.15, 0.2) is 0 Å². The zero-order valence-electron chi connectivity index (χ0n) is 35.1. The van der Waals surface area contributed by atoms with Crippen LogP contribution in [-0.2, 0) is 0 Å². The molecular weight excluding hydrogens is 773 g/mol. The highest BCUT2D eigenvalue weighted by molar-refractivity contribution is 6.13. The Balaban J connectivity index is 0.974. The van der Waals surface area contributed by atoms with E-state index in [2.05, 4.69) is 264 Å². The summed E-state index contributed by atoms with van der Waals surface area (Å²) in [4.78, 5) is 2.37. The van der Waals surface area contributed by atoms with Crippen LogP contribution in [0, 0.1) is 0 Å². The highest BCUT2D eigenvalue weighted by Gasteiger charge is 2.18. The van der Waals surface area contributed by atoms with Gasteiger partial charge in [-0.15, -0.1) is 0 Å². The molecule has 0 bridgehead atoms. The summed E-state index contributed by atoms with van der Waals surface area (Å²) in [7, 11) is 0. The summed E-state index contributed by atoms with van der Waals surface area (Å²) in [6, 6.07) is 92.7. The Bertz CT molecular complexity index is 3640. The molecule has 11 aromatic carbocycles. The molecule has 12 rings (SSSR count). The molecule has 300 valence electrons. The van der Waals surface area contributed by atoms with Crippen molar-refractivity contribution in [1.29, 1.82) is 0 Å². The van der Waals surface area contributed by atoms with Crippen LogP contribution in [0.4, 0.5) is 17.1 Å². The molecule has 2 heteroatoms. The maximum atomic E-state index is 2.43. The third kappa shape index (κ3) is 6.70. The molecule has 0 aliphatic rings. The summed E-state index contributed by atoms with van der Waals surface area (Å²) in [5.41, 5.74) is 16.3. The SMILES string of the molecule is c1ccc(-c2ccc(N(c3ccc(-c4ccc(-n5c6ccccc6c6cc7ccccc7cc65)cc4-c4ccccc4)cc3)c3cccc(-c4ccc5ccccc5c4)c3)cc2)cc1. The normalized spacial score (nSPS) is 11.4. The van der Waals surface area contributed by atoms with E-state index < -0.39 is 0 Å². The van der Waals surface area contributed by atoms with E-state index in [4.69, 9.17) is 0 Å². The van der Waals surface area contributed by atoms with E-state index in [-0.39, 0.29) is 0 Å². The van der Waals surface area contributed by atoms with Gasteiger partial charge in [0.05, 0.1) is 11.0 Å². The summed E-state index contributed by atoms with van der Waals surface area (Å²) in [6.45, 7) is 0. The van der Waals surface area contributed by atoms with Gasteiger partial charge in [0.25, 0.3) is 0 Å². The lowest BCUT2D eigenvalue weighted by molar-refractivity contribution is 1.18. The Kier molecular flexibility index (Phi) is 9.20. The fraction of sp³-hybridized carbons (Fsp3) is 0. The first-order chi connectivity index (χ1) is 31.7. The van der Waals surface area contributed by atoms with Crippen molar-refractivity contribution in [1.82, 2.24) is 4.57 Å². The number of anilines is 3. The van der Waals surface area contributed by atoms with Gasteiger partial charge in [-0.2, -0.15) is 0 Å². The molecule has 0 saturated carbocycles. The van der Waals surface area contributed by atoms with Crippen molar-refractivity contribution in [2.75, 3.05) is 4.90 Å². The number of para-hydroxylation sites is 1. The molecule has 64 heavy (non-hydrogen) atoms. The van der Waals surface area contributed by atoms with Gasteiger partial charge in [0, 0.05) is 33.5 Å². The second-order valence-electron chi connectivity index (χ2n) is 16.6. The van der Waals surface area contributed by atoms with Gasteiger partial charge in [-0.3, -0.25) is 0 Å². The third-order valence-corrected chi connectivity index (χ3v) is 12.7. The largest absolute Gasteiger partial charge is 0.310 e. The summed E-state index contributed by atoms with van der Waals surface area (Å²) in [5.74, 6) is 0. The predicted molar refractivity (Wildman–Crippen MR) is 272 cm³/mol. The van der Waals surface area contributed by atoms with Gasteiger partial charge in [0.1, 0.15) is 0 Å². The van der Waals surface area contributed by atoms with E-state index >= 15 is 0 Å². The monoisotopic (exact) mass is 814 g/mol. The van der Waals surface area contributed by atoms with Crippen LogP contribution in [0.25, 0.3) is 93.5 Å². The van der Waals surface area contributed by atoms with E-state index in [1.54, 1.807) is 0 Å². The first-order valence-corrected chi connectivity index (χ1v) is 22.0. The van der Waals surface area contributed by atoms with Crippen LogP contribution in [-0.4, -0.2) is 4.57 Å². The average Bonchev–Trinajstić information content (AvgIpc) is 3.69. The first-order valence-electron chi connectivity index (χ1n) is 22.0. The molecule has 0 fully saturated rings. The van der Waals surface area contributed by atoms with E-state index in [0.29, 0.717) is 0 Å². The van der Waals surface area contributed by atoms with Gasteiger partial charge in [-0.05, 0) is 139 Å². The zero-order chi connectivity index (χ0) is 42.4. The number of fused-ring (bicyclic) bond motifs is 5. The van der Waals surface area contributed by atoms with Crippen LogP contribution in [0.5, 0.6) is 0 Å². The van der Waals surface area contributed by atoms with Crippen LogP contribution < -0.4 is 4.90 Å². The van der Waals surface area contributed by atoms with Gasteiger partial charge in [-0.1, -0.05) is 182 Å². The van der Waals surface area contributed by atoms with Gasteiger partial charge >= 0.3 is 0 Å². The molecule has 0 unspecified atom stereocenters. The quantitative estimate of drug-likeness (QED) is 0.148. The Morgan fingerprint density at radius 2 is 0.781 bits per heavy atom. The maximum Gasteiger partial charge on any atom is 0.0547 e. The van der Waals surface area contributed by atoms with Crippen molar-refractivity contribution >= 4 is 60.4 Å². The third-order valence-electron chi connectivity index (χ3n) is 12.7. The minimum Gasteiger partial charge on any atom is -0.310 e. The van der Waals surface area contributed by atoms with E-state index in [1.807, 2.05) is 0 Å². The minimum atomic E-state index is 1.09. The predicted octanol–water partition coefficient (Wildman–Crippen LogP) is 17.2. The summed E-state index contributed by atoms with van der Waals surface area (Å²) >= 11 is 0. The average molecular weight is 815 g/mol. The Morgan fingerprint density at radius 1 is 0.250 bits per heavy atom. The fourth-order valence-electron chi connectivity index (χ4n) is 9.58. The second-order valence-corrected chi connectivity index (χ2v) is 16.6. The Morgan fingerprint density at radius 3 is 1.52 bits per heavy atom. The van der Waals surface area contributed by atoms with Crippen LogP contribution in [0.1, 0.15) is 0 Å². The number of nitrogens with zero attached hydrogens (tertiary/aromatic N) is 2. The minimum absolute atomic E-state index is 1.09. The molecule has 1 heterocycles. The summed E-state index contributed by atoms with van der Waals surface area (Å²) < 4.78 is 2.43. The van der Waals surface area contributed by atoms with E-state index in [0.717, 1.165) is 28.3 Å². The van der Waals surface area contributed by atoms with E-state index in [1.165, 1.54) is 82.3 Å². The number of hydrogen-bond donors (Lipinski definition) is 0.